The quantitative estimate of drug-likeness (QED) is 0.755. The zero-order chi connectivity index (χ0) is 21.4. The van der Waals surface area contributed by atoms with E-state index in [2.05, 4.69) is 22.3 Å². The van der Waals surface area contributed by atoms with Gasteiger partial charge in [0.15, 0.2) is 0 Å². The van der Waals surface area contributed by atoms with Gasteiger partial charge in [0.2, 0.25) is 11.8 Å². The van der Waals surface area contributed by atoms with Crippen LogP contribution in [0.4, 0.5) is 5.82 Å². The van der Waals surface area contributed by atoms with Crippen molar-refractivity contribution in [2.45, 2.75) is 18.9 Å². The third-order valence-corrected chi connectivity index (χ3v) is 5.96. The first-order chi connectivity index (χ1) is 14.4. The molecule has 0 spiro atoms. The van der Waals surface area contributed by atoms with Gasteiger partial charge >= 0.3 is 5.69 Å². The fourth-order valence-electron chi connectivity index (χ4n) is 4.17. The van der Waals surface area contributed by atoms with Crippen molar-refractivity contribution in [1.29, 1.82) is 0 Å². The van der Waals surface area contributed by atoms with Crippen LogP contribution in [0.25, 0.3) is 0 Å². The van der Waals surface area contributed by atoms with E-state index in [1.807, 2.05) is 18.2 Å². The number of fused-ring (bicyclic) bond motifs is 1. The summed E-state index contributed by atoms with van der Waals surface area (Å²) < 4.78 is 2.21. The molecular formula is C21H25N5O4. The molecule has 9 nitrogen and oxygen atoms in total. The SMILES string of the molecule is Cn1c2c(c(=O)n(C)c1=O)[C@H](CC(=O)N1CCN(Cc3ccccc3)CC1)C(=O)N2. The first-order valence-corrected chi connectivity index (χ1v) is 10.0. The Balaban J connectivity index is 1.43. The highest BCUT2D eigenvalue weighted by Gasteiger charge is 2.38. The van der Waals surface area contributed by atoms with Gasteiger partial charge < -0.3 is 10.2 Å². The van der Waals surface area contributed by atoms with Crippen molar-refractivity contribution >= 4 is 17.6 Å². The van der Waals surface area contributed by atoms with Gasteiger partial charge in [0.05, 0.1) is 11.5 Å². The van der Waals surface area contributed by atoms with E-state index < -0.39 is 23.1 Å². The fraction of sp³-hybridized carbons (Fsp3) is 0.429. The molecule has 3 heterocycles. The van der Waals surface area contributed by atoms with E-state index in [1.54, 1.807) is 4.90 Å². The Morgan fingerprint density at radius 2 is 1.67 bits per heavy atom. The number of nitrogens with zero attached hydrogens (tertiary/aromatic N) is 4. The zero-order valence-electron chi connectivity index (χ0n) is 17.1. The second kappa shape index (κ2) is 7.91. The van der Waals surface area contributed by atoms with Crippen molar-refractivity contribution < 1.29 is 9.59 Å². The molecule has 158 valence electrons. The van der Waals surface area contributed by atoms with Gasteiger partial charge in [0, 0.05) is 53.2 Å². The van der Waals surface area contributed by atoms with Crippen LogP contribution in [0.2, 0.25) is 0 Å². The molecule has 0 aliphatic carbocycles. The molecule has 1 aromatic carbocycles. The Morgan fingerprint density at radius 3 is 2.33 bits per heavy atom. The van der Waals surface area contributed by atoms with Crippen LogP contribution in [-0.2, 0) is 30.2 Å². The standard InChI is InChI=1S/C21H25N5O4/c1-23-18-17(20(29)24(2)21(23)30)15(19(28)22-18)12-16(27)26-10-8-25(9-11-26)13-14-6-4-3-5-7-14/h3-7,15H,8-13H2,1-2H3,(H,22,28)/t15-/m0/s1. The number of aromatic nitrogens is 2. The number of piperazine rings is 1. The third-order valence-electron chi connectivity index (χ3n) is 5.96. The molecule has 1 fully saturated rings. The Kier molecular flexibility index (Phi) is 5.29. The van der Waals surface area contributed by atoms with Crippen LogP contribution in [0.15, 0.2) is 39.9 Å². The van der Waals surface area contributed by atoms with Crippen LogP contribution in [-0.4, -0.2) is 56.9 Å². The second-order valence-electron chi connectivity index (χ2n) is 7.86. The molecule has 0 radical (unpaired) electrons. The lowest BCUT2D eigenvalue weighted by Gasteiger charge is -2.35. The third kappa shape index (κ3) is 3.56. The highest BCUT2D eigenvalue weighted by Crippen LogP contribution is 2.31. The summed E-state index contributed by atoms with van der Waals surface area (Å²) in [4.78, 5) is 54.1. The molecule has 0 unspecified atom stereocenters. The number of rotatable bonds is 4. The van der Waals surface area contributed by atoms with Gasteiger partial charge in [0.1, 0.15) is 5.82 Å². The number of anilines is 1. The van der Waals surface area contributed by atoms with Crippen LogP contribution >= 0.6 is 0 Å². The molecule has 4 rings (SSSR count). The van der Waals surface area contributed by atoms with Gasteiger partial charge in [-0.1, -0.05) is 30.3 Å². The monoisotopic (exact) mass is 411 g/mol. The number of amides is 2. The minimum atomic E-state index is -0.875. The number of hydrogen-bond acceptors (Lipinski definition) is 5. The van der Waals surface area contributed by atoms with Crippen molar-refractivity contribution in [1.82, 2.24) is 18.9 Å². The Bertz CT molecular complexity index is 1100. The minimum absolute atomic E-state index is 0.0784. The molecule has 2 aliphatic rings. The molecule has 2 aliphatic heterocycles. The Labute approximate surface area is 173 Å². The van der Waals surface area contributed by atoms with Crippen LogP contribution in [0.1, 0.15) is 23.5 Å². The molecule has 0 bridgehead atoms. The van der Waals surface area contributed by atoms with Crippen LogP contribution in [0, 0.1) is 0 Å². The van der Waals surface area contributed by atoms with Crippen molar-refractivity contribution in [3.8, 4) is 0 Å². The zero-order valence-corrected chi connectivity index (χ0v) is 17.1. The number of nitrogens with one attached hydrogen (secondary N) is 1. The summed E-state index contributed by atoms with van der Waals surface area (Å²) in [5.41, 5.74) is 0.385. The van der Waals surface area contributed by atoms with Crippen molar-refractivity contribution in [2.24, 2.45) is 14.1 Å². The summed E-state index contributed by atoms with van der Waals surface area (Å²) in [5, 5.41) is 2.60. The van der Waals surface area contributed by atoms with E-state index in [0.717, 1.165) is 24.2 Å². The maximum absolute atomic E-state index is 12.9. The molecule has 30 heavy (non-hydrogen) atoms. The number of hydrogen-bond donors (Lipinski definition) is 1. The van der Waals surface area contributed by atoms with Crippen LogP contribution in [0.5, 0.6) is 0 Å². The van der Waals surface area contributed by atoms with Gasteiger partial charge in [0.25, 0.3) is 5.56 Å². The first-order valence-electron chi connectivity index (χ1n) is 10.0. The van der Waals surface area contributed by atoms with Gasteiger partial charge in [-0.3, -0.25) is 28.4 Å². The molecular weight excluding hydrogens is 386 g/mol. The van der Waals surface area contributed by atoms with E-state index in [0.29, 0.717) is 13.1 Å². The minimum Gasteiger partial charge on any atom is -0.340 e. The molecule has 1 N–H and O–H groups in total. The van der Waals surface area contributed by atoms with Crippen LogP contribution in [0.3, 0.4) is 0 Å². The van der Waals surface area contributed by atoms with Crippen molar-refractivity contribution in [3.05, 3.63) is 62.3 Å². The molecule has 9 heteroatoms. The highest BCUT2D eigenvalue weighted by atomic mass is 16.2. The van der Waals surface area contributed by atoms with E-state index in [9.17, 15) is 19.2 Å². The van der Waals surface area contributed by atoms with Gasteiger partial charge in [-0.2, -0.15) is 0 Å². The predicted octanol–water partition coefficient (Wildman–Crippen LogP) is -0.146. The highest BCUT2D eigenvalue weighted by molar-refractivity contribution is 6.03. The lowest BCUT2D eigenvalue weighted by molar-refractivity contribution is -0.135. The molecule has 1 saturated heterocycles. The average Bonchev–Trinajstić information content (AvgIpc) is 3.08. The van der Waals surface area contributed by atoms with Gasteiger partial charge in [-0.25, -0.2) is 4.79 Å². The van der Waals surface area contributed by atoms with E-state index in [4.69, 9.17) is 0 Å². The van der Waals surface area contributed by atoms with Crippen molar-refractivity contribution in [3.63, 3.8) is 0 Å². The molecule has 2 aromatic rings. The summed E-state index contributed by atoms with van der Waals surface area (Å²) >= 11 is 0. The number of benzene rings is 1. The maximum atomic E-state index is 12.9. The van der Waals surface area contributed by atoms with E-state index in [-0.39, 0.29) is 23.7 Å². The smallest absolute Gasteiger partial charge is 0.332 e. The lowest BCUT2D eigenvalue weighted by atomic mass is 9.98. The predicted molar refractivity (Wildman–Crippen MR) is 111 cm³/mol. The summed E-state index contributed by atoms with van der Waals surface area (Å²) in [6.07, 6.45) is -0.0784. The second-order valence-corrected chi connectivity index (χ2v) is 7.86. The first kappa shape index (κ1) is 20.1. The molecule has 2 amide bonds. The van der Waals surface area contributed by atoms with Crippen molar-refractivity contribution in [2.75, 3.05) is 31.5 Å². The lowest BCUT2D eigenvalue weighted by Crippen LogP contribution is -2.48. The maximum Gasteiger partial charge on any atom is 0.332 e. The largest absolute Gasteiger partial charge is 0.340 e. The van der Waals surface area contributed by atoms with Gasteiger partial charge in [-0.05, 0) is 5.56 Å². The number of carbonyl (C=O) groups excluding carboxylic acids is 2. The summed E-state index contributed by atoms with van der Waals surface area (Å²) in [6.45, 7) is 3.51. The number of carbonyl (C=O) groups is 2. The normalized spacial score (nSPS) is 18.9. The average molecular weight is 411 g/mol. The summed E-state index contributed by atoms with van der Waals surface area (Å²) in [6, 6.07) is 10.2. The van der Waals surface area contributed by atoms with E-state index >= 15 is 0 Å². The van der Waals surface area contributed by atoms with Gasteiger partial charge in [-0.15, -0.1) is 0 Å². The Hall–Kier alpha value is -3.20. The molecule has 1 atom stereocenters. The summed E-state index contributed by atoms with van der Waals surface area (Å²) in [7, 11) is 2.87. The summed E-state index contributed by atoms with van der Waals surface area (Å²) in [5.74, 6) is -1.25. The topological polar surface area (TPSA) is 96.7 Å². The van der Waals surface area contributed by atoms with Crippen LogP contribution < -0.4 is 16.6 Å². The molecule has 1 aromatic heterocycles. The van der Waals surface area contributed by atoms with E-state index in [1.165, 1.54) is 24.2 Å². The fourth-order valence-corrected chi connectivity index (χ4v) is 4.17. The molecule has 0 saturated carbocycles. The Morgan fingerprint density at radius 1 is 1.00 bits per heavy atom.